The minimum Gasteiger partial charge on any atom is -0.480 e. The van der Waals surface area contributed by atoms with Crippen molar-refractivity contribution in [2.75, 3.05) is 105 Å². The Morgan fingerprint density at radius 3 is 1.79 bits per heavy atom. The van der Waals surface area contributed by atoms with Crippen molar-refractivity contribution >= 4 is 81.8 Å². The van der Waals surface area contributed by atoms with Crippen LogP contribution in [0.5, 0.6) is 0 Å². The standard InChI is InChI=1S/C53H74F2IN13O13/c1-36(52(82)69-35-53(54,55)28-41(69)29-57)63-50(80)38-14-16-58-40(27-38)30-62-44(71)12-13-45(72)64-42(51(81)61-18-17-60-43(70)7-4-5-37-8-10-39(56)11-9-37)6-2-3-15-59-46(73)31-65-19-21-66(32-47(74)75)23-25-68(34-49(78)79)26-24-67(22-20-65)33-48(76)77/h8-11,14,16,27,36,41-42H,2-7,12-13,15,17-26,28,30-35H2,1H3,(H,59,73)(H,60,70)(H,61,81)(H,62,71)(H,63,80)(H,64,72)(H,74,75)(H,76,77)(H,78,79)/t36-,41+,42?/m1/s1. The van der Waals surface area contributed by atoms with Crippen LogP contribution in [0, 0.1) is 14.9 Å². The highest BCUT2D eigenvalue weighted by molar-refractivity contribution is 14.1. The monoisotopic (exact) mass is 1270 g/mol. The lowest BCUT2D eigenvalue weighted by atomic mass is 10.1. The number of benzene rings is 1. The van der Waals surface area contributed by atoms with E-state index in [2.05, 4.69) is 59.5 Å². The smallest absolute Gasteiger partial charge is 0.317 e. The van der Waals surface area contributed by atoms with Gasteiger partial charge in [-0.25, -0.2) is 8.78 Å². The summed E-state index contributed by atoms with van der Waals surface area (Å²) in [4.78, 5) is 138. The fourth-order valence-electron chi connectivity index (χ4n) is 8.96. The van der Waals surface area contributed by atoms with Crippen molar-refractivity contribution in [3.05, 3.63) is 63.0 Å². The molecule has 0 aliphatic carbocycles. The number of amides is 7. The van der Waals surface area contributed by atoms with Crippen LogP contribution in [0.1, 0.15) is 79.9 Å². The van der Waals surface area contributed by atoms with Gasteiger partial charge in [0.25, 0.3) is 11.8 Å². The quantitative estimate of drug-likeness (QED) is 0.0350. The zero-order chi connectivity index (χ0) is 60.2. The van der Waals surface area contributed by atoms with Crippen molar-refractivity contribution < 1.29 is 72.0 Å². The second-order valence-corrected chi connectivity index (χ2v) is 21.3. The Morgan fingerprint density at radius 1 is 0.683 bits per heavy atom. The van der Waals surface area contributed by atoms with Gasteiger partial charge in [-0.15, -0.1) is 0 Å². The number of aliphatic carboxylic acids is 3. The first-order valence-electron chi connectivity index (χ1n) is 27.0. The van der Waals surface area contributed by atoms with Gasteiger partial charge in [0.2, 0.25) is 35.4 Å². The van der Waals surface area contributed by atoms with Gasteiger partial charge in [0.15, 0.2) is 0 Å². The zero-order valence-electron chi connectivity index (χ0n) is 45.8. The van der Waals surface area contributed by atoms with Crippen molar-refractivity contribution in [3.8, 4) is 6.07 Å². The fourth-order valence-corrected chi connectivity index (χ4v) is 9.32. The number of aryl methyl sites for hydroxylation is 1. The van der Waals surface area contributed by atoms with Crippen LogP contribution in [0.3, 0.4) is 0 Å². The molecule has 2 aliphatic heterocycles. The molecule has 2 aliphatic rings. The van der Waals surface area contributed by atoms with Gasteiger partial charge >= 0.3 is 17.9 Å². The number of rotatable bonds is 30. The Bertz CT molecular complexity index is 2530. The molecule has 82 heavy (non-hydrogen) atoms. The number of unbranched alkanes of at least 4 members (excludes halogenated alkanes) is 1. The molecule has 4 rings (SSSR count). The first kappa shape index (κ1) is 67.5. The van der Waals surface area contributed by atoms with E-state index in [9.17, 15) is 77.3 Å². The first-order valence-corrected chi connectivity index (χ1v) is 28.1. The Hall–Kier alpha value is -7.01. The number of halogens is 3. The molecule has 0 bridgehead atoms. The molecule has 26 nitrogen and oxygen atoms in total. The number of alkyl halides is 2. The number of pyridine rings is 1. The number of hydrogen-bond acceptors (Lipinski definition) is 16. The Balaban J connectivity index is 1.29. The van der Waals surface area contributed by atoms with Crippen LogP contribution >= 0.6 is 22.6 Å². The third-order valence-electron chi connectivity index (χ3n) is 13.3. The number of carbonyl (C=O) groups is 10. The molecule has 1 unspecified atom stereocenters. The minimum absolute atomic E-state index is 0.0418. The molecule has 29 heteroatoms. The molecule has 2 fully saturated rings. The van der Waals surface area contributed by atoms with Gasteiger partial charge in [-0.3, -0.25) is 72.5 Å². The number of carboxylic acids is 3. The van der Waals surface area contributed by atoms with Gasteiger partial charge in [0.1, 0.15) is 18.1 Å². The SMILES string of the molecule is C[C@@H](NC(=O)c1ccnc(CNC(=O)CCC(=O)NC(CCCCNC(=O)CN2CCN(CC(=O)O)CCN(CC(=O)O)CCN(CC(=O)O)CC2)C(=O)NCCNC(=O)CCCc2ccc(I)cc2)c1)C(=O)N1CC(F)(F)C[C@H]1C#N. The first-order chi connectivity index (χ1) is 39.0. The highest BCUT2D eigenvalue weighted by atomic mass is 127. The van der Waals surface area contributed by atoms with Crippen LogP contribution in [0.15, 0.2) is 42.6 Å². The van der Waals surface area contributed by atoms with Crippen LogP contribution in [0.2, 0.25) is 0 Å². The van der Waals surface area contributed by atoms with E-state index in [4.69, 9.17) is 0 Å². The predicted octanol–water partition coefficient (Wildman–Crippen LogP) is -0.537. The van der Waals surface area contributed by atoms with E-state index < -0.39 is 84.5 Å². The molecule has 2 saturated heterocycles. The van der Waals surface area contributed by atoms with Gasteiger partial charge in [-0.1, -0.05) is 12.1 Å². The Labute approximate surface area is 487 Å². The van der Waals surface area contributed by atoms with Crippen LogP contribution < -0.4 is 31.9 Å². The average molecular weight is 1270 g/mol. The van der Waals surface area contributed by atoms with E-state index in [1.807, 2.05) is 24.3 Å². The second kappa shape index (κ2) is 35.1. The number of nitrogens with zero attached hydrogens (tertiary/aromatic N) is 7. The van der Waals surface area contributed by atoms with Crippen molar-refractivity contribution in [1.29, 1.82) is 5.26 Å². The molecule has 1 aromatic carbocycles. The molecular weight excluding hydrogens is 1190 g/mol. The maximum Gasteiger partial charge on any atom is 0.317 e. The summed E-state index contributed by atoms with van der Waals surface area (Å²) in [5, 5.41) is 53.9. The van der Waals surface area contributed by atoms with Crippen LogP contribution in [0.25, 0.3) is 0 Å². The van der Waals surface area contributed by atoms with E-state index in [0.717, 1.165) is 14.0 Å². The third-order valence-corrected chi connectivity index (χ3v) is 14.1. The van der Waals surface area contributed by atoms with Crippen molar-refractivity contribution in [1.82, 2.24) is 61.4 Å². The van der Waals surface area contributed by atoms with E-state index in [1.54, 1.807) is 25.7 Å². The summed E-state index contributed by atoms with van der Waals surface area (Å²) < 4.78 is 29.0. The lowest BCUT2D eigenvalue weighted by molar-refractivity contribution is -0.140. The maximum atomic E-state index is 13.9. The summed E-state index contributed by atoms with van der Waals surface area (Å²) in [6, 6.07) is 8.70. The number of carboxylic acid groups (broad SMARTS) is 3. The molecule has 3 heterocycles. The normalized spacial score (nSPS) is 17.1. The van der Waals surface area contributed by atoms with Crippen molar-refractivity contribution in [2.24, 2.45) is 0 Å². The fraction of sp³-hybridized carbons (Fsp3) is 0.585. The van der Waals surface area contributed by atoms with E-state index >= 15 is 0 Å². The highest BCUT2D eigenvalue weighted by Crippen LogP contribution is 2.32. The number of likely N-dealkylation sites (tertiary alicyclic amines) is 1. The maximum absolute atomic E-state index is 13.9. The topological polar surface area (TPSA) is 356 Å². The second-order valence-electron chi connectivity index (χ2n) is 20.1. The number of nitrogens with one attached hydrogen (secondary N) is 6. The Kier molecular flexibility index (Phi) is 28.9. The molecule has 0 radical (unpaired) electrons. The van der Waals surface area contributed by atoms with Crippen LogP contribution in [0.4, 0.5) is 8.78 Å². The molecule has 450 valence electrons. The lowest BCUT2D eigenvalue weighted by Gasteiger charge is -2.32. The van der Waals surface area contributed by atoms with Crippen molar-refractivity contribution in [3.63, 3.8) is 0 Å². The van der Waals surface area contributed by atoms with E-state index in [1.165, 1.54) is 25.3 Å². The van der Waals surface area contributed by atoms with Crippen LogP contribution in [-0.4, -0.2) is 233 Å². The van der Waals surface area contributed by atoms with Crippen molar-refractivity contribution in [2.45, 2.75) is 95.3 Å². The molecule has 7 amide bonds. The highest BCUT2D eigenvalue weighted by Gasteiger charge is 2.48. The predicted molar refractivity (Wildman–Crippen MR) is 298 cm³/mol. The number of nitriles is 1. The Morgan fingerprint density at radius 2 is 1.22 bits per heavy atom. The third kappa shape index (κ3) is 26.3. The van der Waals surface area contributed by atoms with E-state index in [-0.39, 0.29) is 153 Å². The molecule has 0 spiro atoms. The summed E-state index contributed by atoms with van der Waals surface area (Å²) in [6.45, 7) is 1.31. The number of aromatic nitrogens is 1. The molecular formula is C53H74F2IN13O13. The van der Waals surface area contributed by atoms with Gasteiger partial charge in [0.05, 0.1) is 51.0 Å². The molecule has 9 N–H and O–H groups in total. The summed E-state index contributed by atoms with van der Waals surface area (Å²) in [7, 11) is 0. The summed E-state index contributed by atoms with van der Waals surface area (Å²) >= 11 is 2.22. The summed E-state index contributed by atoms with van der Waals surface area (Å²) in [6.07, 6.45) is 2.28. The summed E-state index contributed by atoms with van der Waals surface area (Å²) in [5.74, 6) is -10.4. The van der Waals surface area contributed by atoms with Gasteiger partial charge in [-0.05, 0) is 91.4 Å². The average Bonchev–Trinajstić information content (AvgIpc) is 3.99. The molecule has 0 saturated carbocycles. The molecule has 1 aromatic heterocycles. The van der Waals surface area contributed by atoms with Gasteiger partial charge in [0, 0.05) is 113 Å². The van der Waals surface area contributed by atoms with Crippen LogP contribution in [-0.2, 0) is 56.1 Å². The molecule has 3 atom stereocenters. The lowest BCUT2D eigenvalue weighted by Crippen LogP contribution is -2.49. The van der Waals surface area contributed by atoms with E-state index in [0.29, 0.717) is 25.7 Å². The molecule has 2 aromatic rings. The summed E-state index contributed by atoms with van der Waals surface area (Å²) in [5.41, 5.74) is 1.38. The largest absolute Gasteiger partial charge is 0.480 e. The zero-order valence-corrected chi connectivity index (χ0v) is 48.0. The minimum atomic E-state index is -3.24. The van der Waals surface area contributed by atoms with Gasteiger partial charge < -0.3 is 52.1 Å². The number of hydrogen-bond donors (Lipinski definition) is 9. The van der Waals surface area contributed by atoms with Gasteiger partial charge in [-0.2, -0.15) is 5.26 Å². The number of carbonyl (C=O) groups excluding carboxylic acids is 7.